The molecule has 7 nitrogen and oxygen atoms in total. The number of nitrogens with zero attached hydrogens (tertiary/aromatic N) is 2. The lowest BCUT2D eigenvalue weighted by Gasteiger charge is -2.23. The van der Waals surface area contributed by atoms with Gasteiger partial charge in [0, 0.05) is 11.1 Å². The molecule has 2 amide bonds. The zero-order valence-corrected chi connectivity index (χ0v) is 20.1. The Kier molecular flexibility index (Phi) is 7.18. The van der Waals surface area contributed by atoms with Crippen LogP contribution in [0.5, 0.6) is 5.75 Å². The van der Waals surface area contributed by atoms with E-state index in [4.69, 9.17) is 4.74 Å². The third-order valence-electron chi connectivity index (χ3n) is 5.79. The largest absolute Gasteiger partial charge is 0.497 e. The Bertz CT molecular complexity index is 1300. The number of rotatable bonds is 8. The van der Waals surface area contributed by atoms with Crippen molar-refractivity contribution in [2.45, 2.75) is 26.3 Å². The Hall–Kier alpha value is -3.78. The molecule has 0 fully saturated rings. The normalized spacial score (nSPS) is 12.7. The van der Waals surface area contributed by atoms with Crippen molar-refractivity contribution in [2.75, 3.05) is 12.4 Å². The minimum Gasteiger partial charge on any atom is -0.497 e. The fourth-order valence-corrected chi connectivity index (χ4v) is 4.32. The van der Waals surface area contributed by atoms with Crippen LogP contribution in [0.3, 0.4) is 0 Å². The molecule has 0 saturated heterocycles. The highest BCUT2D eigenvalue weighted by Gasteiger charge is 2.27. The number of fused-ring (bicyclic) bond motifs is 1. The number of benzene rings is 3. The van der Waals surface area contributed by atoms with Gasteiger partial charge in [-0.05, 0) is 53.1 Å². The fraction of sp³-hybridized carbons (Fsp3) is 0.231. The highest BCUT2D eigenvalue weighted by atomic mass is 32.1. The number of hydrogen-bond donors (Lipinski definition) is 2. The van der Waals surface area contributed by atoms with E-state index in [1.807, 2.05) is 74.5 Å². The lowest BCUT2D eigenvalue weighted by Crippen LogP contribution is -2.47. The van der Waals surface area contributed by atoms with Crippen molar-refractivity contribution in [1.82, 2.24) is 15.5 Å². The Morgan fingerprint density at radius 3 is 2.44 bits per heavy atom. The Morgan fingerprint density at radius 2 is 1.74 bits per heavy atom. The molecular formula is C26H26N4O3S. The van der Waals surface area contributed by atoms with Crippen LogP contribution in [-0.4, -0.2) is 35.2 Å². The van der Waals surface area contributed by atoms with Crippen molar-refractivity contribution < 1.29 is 14.3 Å². The Morgan fingerprint density at radius 1 is 1.00 bits per heavy atom. The summed E-state index contributed by atoms with van der Waals surface area (Å²) < 4.78 is 5.18. The molecule has 0 saturated carbocycles. The first kappa shape index (κ1) is 23.4. The molecule has 1 aromatic heterocycles. The highest BCUT2D eigenvalue weighted by Crippen LogP contribution is 2.28. The van der Waals surface area contributed by atoms with Gasteiger partial charge in [-0.2, -0.15) is 0 Å². The molecule has 4 aromatic rings. The molecule has 34 heavy (non-hydrogen) atoms. The number of ether oxygens (including phenoxy) is 1. The van der Waals surface area contributed by atoms with Crippen LogP contribution >= 0.6 is 11.3 Å². The van der Waals surface area contributed by atoms with E-state index in [0.29, 0.717) is 15.7 Å². The summed E-state index contributed by atoms with van der Waals surface area (Å²) in [6.07, 6.45) is 0.726. The number of anilines is 1. The molecule has 0 bridgehead atoms. The second-order valence-corrected chi connectivity index (χ2v) is 9.01. The van der Waals surface area contributed by atoms with Gasteiger partial charge in [-0.1, -0.05) is 61.9 Å². The van der Waals surface area contributed by atoms with Crippen LogP contribution in [0.2, 0.25) is 0 Å². The molecule has 0 radical (unpaired) electrons. The number of carbonyl (C=O) groups excluding carboxylic acids is 2. The summed E-state index contributed by atoms with van der Waals surface area (Å²) in [5, 5.41) is 17.1. The third-order valence-corrected chi connectivity index (χ3v) is 6.67. The molecule has 8 heteroatoms. The summed E-state index contributed by atoms with van der Waals surface area (Å²) in [5.74, 6) is 0.0713. The minimum atomic E-state index is -0.711. The zero-order chi connectivity index (χ0) is 24.1. The van der Waals surface area contributed by atoms with Crippen molar-refractivity contribution in [3.8, 4) is 16.3 Å². The van der Waals surface area contributed by atoms with Crippen LogP contribution in [0, 0.1) is 5.92 Å². The minimum absolute atomic E-state index is 0.0709. The van der Waals surface area contributed by atoms with E-state index in [0.717, 1.165) is 28.5 Å². The summed E-state index contributed by atoms with van der Waals surface area (Å²) in [4.78, 5) is 26.1. The number of carbonyl (C=O) groups is 2. The van der Waals surface area contributed by atoms with Gasteiger partial charge in [0.2, 0.25) is 11.0 Å². The predicted octanol–water partition coefficient (Wildman–Crippen LogP) is 5.15. The van der Waals surface area contributed by atoms with Gasteiger partial charge >= 0.3 is 0 Å². The molecule has 3 aromatic carbocycles. The topological polar surface area (TPSA) is 93.2 Å². The molecule has 174 valence electrons. The van der Waals surface area contributed by atoms with Crippen molar-refractivity contribution in [3.05, 3.63) is 72.3 Å². The van der Waals surface area contributed by atoms with Gasteiger partial charge in [-0.25, -0.2) is 0 Å². The van der Waals surface area contributed by atoms with Crippen molar-refractivity contribution >= 4 is 39.1 Å². The lowest BCUT2D eigenvalue weighted by atomic mass is 9.97. The van der Waals surface area contributed by atoms with Crippen molar-refractivity contribution in [1.29, 1.82) is 0 Å². The van der Waals surface area contributed by atoms with Gasteiger partial charge in [0.1, 0.15) is 16.8 Å². The number of nitrogens with one attached hydrogen (secondary N) is 2. The van der Waals surface area contributed by atoms with Gasteiger partial charge in [-0.3, -0.25) is 14.9 Å². The molecule has 0 aliphatic rings. The van der Waals surface area contributed by atoms with E-state index in [1.54, 1.807) is 13.2 Å². The smallest absolute Gasteiger partial charge is 0.251 e. The van der Waals surface area contributed by atoms with E-state index in [2.05, 4.69) is 20.8 Å². The monoisotopic (exact) mass is 474 g/mol. The van der Waals surface area contributed by atoms with Gasteiger partial charge in [0.05, 0.1) is 7.11 Å². The van der Waals surface area contributed by atoms with Gasteiger partial charge < -0.3 is 10.1 Å². The SMILES string of the molecule is CCC(C)C(NC(=O)c1ccc2ccccc2c1)C(=O)Nc1nnc(-c2ccc(OC)cc2)s1. The first-order valence-corrected chi connectivity index (χ1v) is 11.9. The number of hydrogen-bond acceptors (Lipinski definition) is 6. The molecule has 1 heterocycles. The first-order valence-electron chi connectivity index (χ1n) is 11.1. The second-order valence-electron chi connectivity index (χ2n) is 8.03. The Labute approximate surface area is 202 Å². The quantitative estimate of drug-likeness (QED) is 0.368. The Balaban J connectivity index is 1.48. The summed E-state index contributed by atoms with van der Waals surface area (Å²) in [6, 6.07) is 20.1. The standard InChI is InChI=1S/C26H26N4O3S/c1-4-16(2)22(27-23(31)20-10-9-17-7-5-6-8-19(17)15-20)24(32)28-26-30-29-25(34-26)18-11-13-21(33-3)14-12-18/h5-16,22H,4H2,1-3H3,(H,27,31)(H,28,30,32). The maximum absolute atomic E-state index is 13.1. The first-order chi connectivity index (χ1) is 16.5. The van der Waals surface area contributed by atoms with Crippen LogP contribution in [0.15, 0.2) is 66.7 Å². The molecule has 0 aliphatic carbocycles. The van der Waals surface area contributed by atoms with Crippen LogP contribution in [0.1, 0.15) is 30.6 Å². The molecular weight excluding hydrogens is 448 g/mol. The van der Waals surface area contributed by atoms with Gasteiger partial charge in [0.15, 0.2) is 0 Å². The number of aromatic nitrogens is 2. The van der Waals surface area contributed by atoms with Crippen molar-refractivity contribution in [2.24, 2.45) is 5.92 Å². The van der Waals surface area contributed by atoms with Gasteiger partial charge in [0.25, 0.3) is 5.91 Å². The summed E-state index contributed by atoms with van der Waals surface area (Å²) in [6.45, 7) is 3.92. The highest BCUT2D eigenvalue weighted by molar-refractivity contribution is 7.18. The maximum Gasteiger partial charge on any atom is 0.251 e. The lowest BCUT2D eigenvalue weighted by molar-refractivity contribution is -0.119. The summed E-state index contributed by atoms with van der Waals surface area (Å²) in [5.41, 5.74) is 1.39. The maximum atomic E-state index is 13.1. The van der Waals surface area contributed by atoms with Crippen LogP contribution in [0.4, 0.5) is 5.13 Å². The van der Waals surface area contributed by atoms with E-state index in [1.165, 1.54) is 11.3 Å². The van der Waals surface area contributed by atoms with Crippen molar-refractivity contribution in [3.63, 3.8) is 0 Å². The second kappa shape index (κ2) is 10.4. The van der Waals surface area contributed by atoms with Crippen LogP contribution < -0.4 is 15.4 Å². The predicted molar refractivity (Wildman–Crippen MR) is 135 cm³/mol. The average Bonchev–Trinajstić information content (AvgIpc) is 3.34. The number of amides is 2. The molecule has 4 rings (SSSR count). The van der Waals surface area contributed by atoms with E-state index >= 15 is 0 Å². The average molecular weight is 475 g/mol. The van der Waals surface area contributed by atoms with Crippen LogP contribution in [-0.2, 0) is 4.79 Å². The van der Waals surface area contributed by atoms with E-state index < -0.39 is 6.04 Å². The van der Waals surface area contributed by atoms with E-state index in [-0.39, 0.29) is 17.7 Å². The molecule has 0 spiro atoms. The van der Waals surface area contributed by atoms with Gasteiger partial charge in [-0.15, -0.1) is 10.2 Å². The number of methoxy groups -OCH3 is 1. The zero-order valence-electron chi connectivity index (χ0n) is 19.2. The van der Waals surface area contributed by atoms with Crippen LogP contribution in [0.25, 0.3) is 21.3 Å². The third kappa shape index (κ3) is 5.23. The molecule has 2 unspecified atom stereocenters. The molecule has 0 aliphatic heterocycles. The summed E-state index contributed by atoms with van der Waals surface area (Å²) in [7, 11) is 1.61. The van der Waals surface area contributed by atoms with E-state index in [9.17, 15) is 9.59 Å². The summed E-state index contributed by atoms with van der Waals surface area (Å²) >= 11 is 1.27. The molecule has 2 atom stereocenters. The molecule has 2 N–H and O–H groups in total. The fourth-order valence-electron chi connectivity index (χ4n) is 3.56.